The largest absolute Gasteiger partial charge is 0.488 e. The molecule has 0 aromatic heterocycles. The van der Waals surface area contributed by atoms with Gasteiger partial charge in [0.25, 0.3) is 5.91 Å². The van der Waals surface area contributed by atoms with Gasteiger partial charge in [0.1, 0.15) is 24.0 Å². The van der Waals surface area contributed by atoms with Crippen LogP contribution in [0, 0.1) is 11.3 Å². The molecular formula is C23H14Br2Cl2N2O2. The van der Waals surface area contributed by atoms with Gasteiger partial charge in [-0.1, -0.05) is 63.4 Å². The van der Waals surface area contributed by atoms with Crippen molar-refractivity contribution in [2.45, 2.75) is 6.61 Å². The summed E-state index contributed by atoms with van der Waals surface area (Å²) < 4.78 is 7.55. The fourth-order valence-electron chi connectivity index (χ4n) is 2.57. The van der Waals surface area contributed by atoms with Crippen LogP contribution in [0.4, 0.5) is 5.69 Å². The van der Waals surface area contributed by atoms with E-state index >= 15 is 0 Å². The standard InChI is InChI=1S/C23H14Br2Cl2N2O2/c24-17-7-4-14(5-8-17)13-31-21-9-6-15(11-18(21)25)10-16(12-28)23(30)29-20-3-1-2-19(26)22(20)27/h1-11H,13H2,(H,29,30)/b16-10-. The minimum atomic E-state index is -0.585. The zero-order valence-electron chi connectivity index (χ0n) is 15.8. The van der Waals surface area contributed by atoms with Gasteiger partial charge in [0.2, 0.25) is 0 Å². The van der Waals surface area contributed by atoms with Gasteiger partial charge in [0.05, 0.1) is 20.2 Å². The predicted molar refractivity (Wildman–Crippen MR) is 131 cm³/mol. The van der Waals surface area contributed by atoms with E-state index < -0.39 is 5.91 Å². The summed E-state index contributed by atoms with van der Waals surface area (Å²) in [7, 11) is 0. The third-order valence-corrected chi connectivity index (χ3v) is 6.11. The number of ether oxygens (including phenoxy) is 1. The summed E-state index contributed by atoms with van der Waals surface area (Å²) in [6.45, 7) is 0.410. The molecule has 0 aliphatic carbocycles. The number of halogens is 4. The van der Waals surface area contributed by atoms with Crippen LogP contribution < -0.4 is 10.1 Å². The van der Waals surface area contributed by atoms with E-state index in [-0.39, 0.29) is 10.6 Å². The van der Waals surface area contributed by atoms with Crippen LogP contribution >= 0.6 is 55.1 Å². The van der Waals surface area contributed by atoms with E-state index in [4.69, 9.17) is 27.9 Å². The number of carbonyl (C=O) groups excluding carboxylic acids is 1. The van der Waals surface area contributed by atoms with E-state index in [1.54, 1.807) is 36.4 Å². The average Bonchev–Trinajstić information content (AvgIpc) is 2.75. The molecule has 0 saturated heterocycles. The van der Waals surface area contributed by atoms with Crippen molar-refractivity contribution >= 4 is 72.7 Å². The molecule has 0 heterocycles. The van der Waals surface area contributed by atoms with Crippen LogP contribution in [0.2, 0.25) is 10.0 Å². The molecule has 0 aliphatic heterocycles. The molecule has 0 unspecified atom stereocenters. The molecule has 31 heavy (non-hydrogen) atoms. The molecule has 3 aromatic rings. The van der Waals surface area contributed by atoms with Crippen molar-refractivity contribution in [1.29, 1.82) is 5.26 Å². The maximum Gasteiger partial charge on any atom is 0.266 e. The second-order valence-electron chi connectivity index (χ2n) is 6.33. The van der Waals surface area contributed by atoms with Crippen LogP contribution in [0.1, 0.15) is 11.1 Å². The lowest BCUT2D eigenvalue weighted by molar-refractivity contribution is -0.112. The van der Waals surface area contributed by atoms with Crippen molar-refractivity contribution in [3.05, 3.63) is 96.4 Å². The molecule has 0 bridgehead atoms. The molecule has 0 spiro atoms. The second-order valence-corrected chi connectivity index (χ2v) is 8.89. The molecule has 0 atom stereocenters. The lowest BCUT2D eigenvalue weighted by Gasteiger charge is -2.10. The minimum absolute atomic E-state index is 0.0773. The molecule has 8 heteroatoms. The van der Waals surface area contributed by atoms with Gasteiger partial charge < -0.3 is 10.1 Å². The highest BCUT2D eigenvalue weighted by Crippen LogP contribution is 2.30. The van der Waals surface area contributed by atoms with E-state index in [1.807, 2.05) is 30.3 Å². The molecule has 0 radical (unpaired) electrons. The van der Waals surface area contributed by atoms with Gasteiger partial charge in [-0.2, -0.15) is 5.26 Å². The predicted octanol–water partition coefficient (Wildman–Crippen LogP) is 7.64. The number of anilines is 1. The number of rotatable bonds is 6. The topological polar surface area (TPSA) is 62.1 Å². The Kier molecular flexibility index (Phi) is 8.16. The average molecular weight is 581 g/mol. The number of hydrogen-bond donors (Lipinski definition) is 1. The summed E-state index contributed by atoms with van der Waals surface area (Å²) in [5.41, 5.74) is 1.94. The fraction of sp³-hybridized carbons (Fsp3) is 0.0435. The molecule has 0 fully saturated rings. The first kappa shape index (κ1) is 23.4. The van der Waals surface area contributed by atoms with Crippen molar-refractivity contribution in [3.63, 3.8) is 0 Å². The van der Waals surface area contributed by atoms with Crippen molar-refractivity contribution < 1.29 is 9.53 Å². The van der Waals surface area contributed by atoms with E-state index in [2.05, 4.69) is 37.2 Å². The van der Waals surface area contributed by atoms with E-state index in [0.717, 1.165) is 10.0 Å². The number of nitrogens with one attached hydrogen (secondary N) is 1. The van der Waals surface area contributed by atoms with Gasteiger partial charge in [-0.05, 0) is 69.5 Å². The number of benzene rings is 3. The van der Waals surface area contributed by atoms with Gasteiger partial charge in [-0.3, -0.25) is 4.79 Å². The van der Waals surface area contributed by atoms with E-state index in [0.29, 0.717) is 33.1 Å². The number of nitriles is 1. The maximum atomic E-state index is 12.5. The minimum Gasteiger partial charge on any atom is -0.488 e. The van der Waals surface area contributed by atoms with Crippen molar-refractivity contribution in [2.24, 2.45) is 0 Å². The summed E-state index contributed by atoms with van der Waals surface area (Å²) in [6.07, 6.45) is 1.48. The normalized spacial score (nSPS) is 11.0. The van der Waals surface area contributed by atoms with Crippen LogP contribution in [-0.4, -0.2) is 5.91 Å². The SMILES string of the molecule is N#C/C(=C/c1ccc(OCc2ccc(Br)cc2)c(Br)c1)C(=O)Nc1cccc(Cl)c1Cl. The first-order chi connectivity index (χ1) is 14.9. The number of amides is 1. The fourth-order valence-corrected chi connectivity index (χ4v) is 3.69. The molecule has 1 N–H and O–H groups in total. The molecular weight excluding hydrogens is 567 g/mol. The summed E-state index contributed by atoms with van der Waals surface area (Å²) in [5, 5.41) is 12.6. The monoisotopic (exact) mass is 578 g/mol. The lowest BCUT2D eigenvalue weighted by atomic mass is 10.1. The Bertz CT molecular complexity index is 1190. The first-order valence-electron chi connectivity index (χ1n) is 8.91. The molecule has 4 nitrogen and oxygen atoms in total. The lowest BCUT2D eigenvalue weighted by Crippen LogP contribution is -2.13. The van der Waals surface area contributed by atoms with Gasteiger partial charge in [0, 0.05) is 4.47 Å². The zero-order chi connectivity index (χ0) is 22.4. The molecule has 0 aliphatic rings. The molecule has 3 aromatic carbocycles. The number of nitrogens with zero attached hydrogens (tertiary/aromatic N) is 1. The zero-order valence-corrected chi connectivity index (χ0v) is 20.5. The van der Waals surface area contributed by atoms with Gasteiger partial charge in [0.15, 0.2) is 0 Å². The highest BCUT2D eigenvalue weighted by atomic mass is 79.9. The second kappa shape index (κ2) is 10.8. The van der Waals surface area contributed by atoms with Crippen molar-refractivity contribution in [2.75, 3.05) is 5.32 Å². The smallest absolute Gasteiger partial charge is 0.266 e. The third kappa shape index (κ3) is 6.34. The molecule has 3 rings (SSSR count). The van der Waals surface area contributed by atoms with Crippen LogP contribution in [0.3, 0.4) is 0 Å². The Labute approximate surface area is 206 Å². The van der Waals surface area contributed by atoms with Gasteiger partial charge >= 0.3 is 0 Å². The maximum absolute atomic E-state index is 12.5. The summed E-state index contributed by atoms with van der Waals surface area (Å²) in [6, 6.07) is 19.9. The van der Waals surface area contributed by atoms with Crippen LogP contribution in [0.25, 0.3) is 6.08 Å². The quantitative estimate of drug-likeness (QED) is 0.241. The van der Waals surface area contributed by atoms with Crippen molar-refractivity contribution in [1.82, 2.24) is 0 Å². The van der Waals surface area contributed by atoms with E-state index in [1.165, 1.54) is 6.08 Å². The van der Waals surface area contributed by atoms with Crippen LogP contribution in [0.5, 0.6) is 5.75 Å². The molecule has 1 amide bonds. The summed E-state index contributed by atoms with van der Waals surface area (Å²) >= 11 is 18.9. The highest BCUT2D eigenvalue weighted by Gasteiger charge is 2.13. The Morgan fingerprint density at radius 3 is 2.52 bits per heavy atom. The van der Waals surface area contributed by atoms with Crippen LogP contribution in [0.15, 0.2) is 75.2 Å². The van der Waals surface area contributed by atoms with Gasteiger partial charge in [-0.15, -0.1) is 0 Å². The summed E-state index contributed by atoms with van der Waals surface area (Å²) in [4.78, 5) is 12.5. The Morgan fingerprint density at radius 1 is 1.10 bits per heavy atom. The summed E-state index contributed by atoms with van der Waals surface area (Å²) in [5.74, 6) is 0.0621. The molecule has 156 valence electrons. The van der Waals surface area contributed by atoms with E-state index in [9.17, 15) is 10.1 Å². The Morgan fingerprint density at radius 2 is 1.84 bits per heavy atom. The Balaban J connectivity index is 1.72. The Hall–Kier alpha value is -2.30. The highest BCUT2D eigenvalue weighted by molar-refractivity contribution is 9.10. The number of carbonyl (C=O) groups is 1. The number of hydrogen-bond acceptors (Lipinski definition) is 3. The van der Waals surface area contributed by atoms with Gasteiger partial charge in [-0.25, -0.2) is 0 Å². The van der Waals surface area contributed by atoms with Crippen molar-refractivity contribution in [3.8, 4) is 11.8 Å². The van der Waals surface area contributed by atoms with Crippen LogP contribution in [-0.2, 0) is 11.4 Å². The molecule has 0 saturated carbocycles. The third-order valence-electron chi connectivity index (χ3n) is 4.14. The first-order valence-corrected chi connectivity index (χ1v) is 11.3.